The molecular weight excluding hydrogens is 286 g/mol. The van der Waals surface area contributed by atoms with Crippen LogP contribution in [0.3, 0.4) is 0 Å². The minimum absolute atomic E-state index is 0.250. The van der Waals surface area contributed by atoms with E-state index >= 15 is 0 Å². The molecule has 0 saturated heterocycles. The summed E-state index contributed by atoms with van der Waals surface area (Å²) < 4.78 is 4.54. The van der Waals surface area contributed by atoms with E-state index in [0.717, 1.165) is 17.1 Å². The van der Waals surface area contributed by atoms with E-state index in [1.165, 1.54) is 7.05 Å². The molecule has 124 valence electrons. The molecule has 5 nitrogen and oxygen atoms in total. The highest BCUT2D eigenvalue weighted by Gasteiger charge is 1.91. The molecule has 0 spiro atoms. The first-order chi connectivity index (χ1) is 10.0. The first kappa shape index (κ1) is 27.9. The molecule has 21 heavy (non-hydrogen) atoms. The monoisotopic (exact) mass is 317 g/mol. The van der Waals surface area contributed by atoms with Crippen molar-refractivity contribution in [2.45, 2.75) is 32.6 Å². The van der Waals surface area contributed by atoms with Gasteiger partial charge in [0.1, 0.15) is 0 Å². The van der Waals surface area contributed by atoms with Crippen LogP contribution in [-0.4, -0.2) is 32.9 Å². The van der Waals surface area contributed by atoms with E-state index in [1.807, 2.05) is 45.0 Å². The van der Waals surface area contributed by atoms with Gasteiger partial charge < -0.3 is 21.6 Å². The lowest BCUT2D eigenvalue weighted by Gasteiger charge is -1.96. The first-order valence-electron chi connectivity index (χ1n) is 6.60. The van der Waals surface area contributed by atoms with Gasteiger partial charge in [-0.15, -0.1) is 12.6 Å². The van der Waals surface area contributed by atoms with Crippen LogP contribution in [0.15, 0.2) is 29.2 Å². The Bertz CT molecular complexity index is 315. The fourth-order valence-electron chi connectivity index (χ4n) is 0.711. The van der Waals surface area contributed by atoms with Gasteiger partial charge in [0.25, 0.3) is 0 Å². The SMILES string of the molecule is CC.CC(=N)c1ccc(S)cc1.CCOC.CN.NC=O. The first-order valence-corrected chi connectivity index (χ1v) is 7.04. The number of hydrogen-bond acceptors (Lipinski definition) is 5. The van der Waals surface area contributed by atoms with E-state index in [2.05, 4.69) is 28.8 Å². The molecule has 5 N–H and O–H groups in total. The molecule has 0 radical (unpaired) electrons. The van der Waals surface area contributed by atoms with Crippen molar-refractivity contribution in [1.29, 1.82) is 5.41 Å². The number of ether oxygens (including phenoxy) is 1. The van der Waals surface area contributed by atoms with Crippen molar-refractivity contribution >= 4 is 24.8 Å². The van der Waals surface area contributed by atoms with Gasteiger partial charge >= 0.3 is 0 Å². The molecule has 0 unspecified atom stereocenters. The van der Waals surface area contributed by atoms with Crippen LogP contribution in [0.1, 0.15) is 33.3 Å². The van der Waals surface area contributed by atoms with Gasteiger partial charge in [0, 0.05) is 24.3 Å². The van der Waals surface area contributed by atoms with Gasteiger partial charge in [-0.2, -0.15) is 0 Å². The summed E-state index contributed by atoms with van der Waals surface area (Å²) in [6.45, 7) is 8.55. The smallest absolute Gasteiger partial charge is 0.204 e. The number of nitrogens with one attached hydrogen (secondary N) is 1. The van der Waals surface area contributed by atoms with Crippen molar-refractivity contribution in [2.24, 2.45) is 11.5 Å². The summed E-state index contributed by atoms with van der Waals surface area (Å²) in [4.78, 5) is 9.52. The molecule has 0 aliphatic rings. The zero-order valence-corrected chi connectivity index (χ0v) is 14.9. The zero-order chi connectivity index (χ0) is 17.7. The maximum atomic E-state index is 8.58. The van der Waals surface area contributed by atoms with Gasteiger partial charge in [-0.1, -0.05) is 26.0 Å². The van der Waals surface area contributed by atoms with Crippen LogP contribution in [0.25, 0.3) is 0 Å². The Morgan fingerprint density at radius 2 is 1.57 bits per heavy atom. The topological polar surface area (TPSA) is 102 Å². The van der Waals surface area contributed by atoms with Gasteiger partial charge in [0.05, 0.1) is 0 Å². The number of carbonyl (C=O) groups excluding carboxylic acids is 1. The summed E-state index contributed by atoms with van der Waals surface area (Å²) in [7, 11) is 3.18. The Morgan fingerprint density at radius 1 is 1.29 bits per heavy atom. The van der Waals surface area contributed by atoms with E-state index in [9.17, 15) is 0 Å². The van der Waals surface area contributed by atoms with E-state index in [1.54, 1.807) is 14.0 Å². The Kier molecular flexibility index (Phi) is 35.9. The second kappa shape index (κ2) is 27.1. The Labute approximate surface area is 135 Å². The number of amides is 1. The lowest BCUT2D eigenvalue weighted by Crippen LogP contribution is -1.89. The van der Waals surface area contributed by atoms with E-state index < -0.39 is 0 Å². The molecule has 1 amide bonds. The molecule has 0 saturated carbocycles. The number of rotatable bonds is 2. The summed E-state index contributed by atoms with van der Waals surface area (Å²) in [6, 6.07) is 7.56. The largest absolute Gasteiger partial charge is 0.385 e. The second-order valence-corrected chi connectivity index (χ2v) is 3.40. The van der Waals surface area contributed by atoms with Gasteiger partial charge in [-0.25, -0.2) is 0 Å². The van der Waals surface area contributed by atoms with Crippen LogP contribution < -0.4 is 11.5 Å². The van der Waals surface area contributed by atoms with Crippen LogP contribution in [0.5, 0.6) is 0 Å². The summed E-state index contributed by atoms with van der Waals surface area (Å²) in [5, 5.41) is 7.28. The van der Waals surface area contributed by atoms with Crippen LogP contribution in [-0.2, 0) is 9.53 Å². The zero-order valence-electron chi connectivity index (χ0n) is 14.0. The molecule has 0 fully saturated rings. The molecule has 0 aromatic heterocycles. The average molecular weight is 317 g/mol. The molecule has 0 heterocycles. The average Bonchev–Trinajstić information content (AvgIpc) is 2.53. The number of thiol groups is 1. The van der Waals surface area contributed by atoms with Gasteiger partial charge in [-0.05, 0) is 38.6 Å². The summed E-state index contributed by atoms with van der Waals surface area (Å²) in [6.07, 6.45) is 0.250. The fraction of sp³-hybridized carbons (Fsp3) is 0.467. The number of nitrogens with two attached hydrogens (primary N) is 2. The molecule has 0 bridgehead atoms. The molecule has 0 aliphatic carbocycles. The number of benzene rings is 1. The highest BCUT2D eigenvalue weighted by Crippen LogP contribution is 2.07. The van der Waals surface area contributed by atoms with Crippen molar-refractivity contribution in [1.82, 2.24) is 0 Å². The third-order valence-corrected chi connectivity index (χ3v) is 1.89. The van der Waals surface area contributed by atoms with Crippen molar-refractivity contribution in [3.63, 3.8) is 0 Å². The van der Waals surface area contributed by atoms with Crippen LogP contribution in [0.2, 0.25) is 0 Å². The van der Waals surface area contributed by atoms with Crippen molar-refractivity contribution in [3.8, 4) is 0 Å². The standard InChI is InChI=1S/C8H9NS.C3H8O.C2H6.CH3NO.CH5N/c1-6(9)7-2-4-8(10)5-3-7;1-3-4-2;1-2;2-1-3;1-2/h2-5,9-10H,1H3;3H2,1-2H3;1-2H3;1H,(H2,2,3);2H2,1H3. The fourth-order valence-corrected chi connectivity index (χ4v) is 0.861. The highest BCUT2D eigenvalue weighted by atomic mass is 32.1. The van der Waals surface area contributed by atoms with Crippen LogP contribution in [0, 0.1) is 5.41 Å². The van der Waals surface area contributed by atoms with Crippen molar-refractivity contribution < 1.29 is 9.53 Å². The van der Waals surface area contributed by atoms with Crippen molar-refractivity contribution in [3.05, 3.63) is 29.8 Å². The van der Waals surface area contributed by atoms with E-state index in [0.29, 0.717) is 5.71 Å². The minimum atomic E-state index is 0.250. The Morgan fingerprint density at radius 3 is 1.76 bits per heavy atom. The molecule has 6 heteroatoms. The number of methoxy groups -OCH3 is 1. The Hall–Kier alpha value is -1.37. The maximum absolute atomic E-state index is 8.58. The quantitative estimate of drug-likeness (QED) is 0.383. The predicted octanol–water partition coefficient (Wildman–Crippen LogP) is 2.72. The van der Waals surface area contributed by atoms with Crippen LogP contribution in [0.4, 0.5) is 0 Å². The lowest BCUT2D eigenvalue weighted by molar-refractivity contribution is -0.106. The molecule has 0 aliphatic heterocycles. The number of carbonyl (C=O) groups is 1. The van der Waals surface area contributed by atoms with E-state index in [-0.39, 0.29) is 6.41 Å². The van der Waals surface area contributed by atoms with Gasteiger partial charge in [-0.3, -0.25) is 4.79 Å². The minimum Gasteiger partial charge on any atom is -0.385 e. The normalized spacial score (nSPS) is 7.05. The number of primary amides is 1. The van der Waals surface area contributed by atoms with Crippen LogP contribution >= 0.6 is 12.6 Å². The predicted molar refractivity (Wildman–Crippen MR) is 95.5 cm³/mol. The summed E-state index contributed by atoms with van der Waals surface area (Å²) >= 11 is 4.13. The second-order valence-electron chi connectivity index (χ2n) is 2.89. The molecule has 1 rings (SSSR count). The summed E-state index contributed by atoms with van der Waals surface area (Å²) in [5.41, 5.74) is 10.2. The molecule has 1 aromatic carbocycles. The third-order valence-electron chi connectivity index (χ3n) is 1.59. The Balaban J connectivity index is -0.000000111. The highest BCUT2D eigenvalue weighted by molar-refractivity contribution is 7.80. The maximum Gasteiger partial charge on any atom is 0.204 e. The van der Waals surface area contributed by atoms with Gasteiger partial charge in [0.2, 0.25) is 6.41 Å². The van der Waals surface area contributed by atoms with Gasteiger partial charge in [0.15, 0.2) is 0 Å². The molecule has 0 atom stereocenters. The molecular formula is C15H31N3O2S. The summed E-state index contributed by atoms with van der Waals surface area (Å²) in [5.74, 6) is 0. The number of hydrogen-bond donors (Lipinski definition) is 4. The lowest BCUT2D eigenvalue weighted by atomic mass is 10.1. The third kappa shape index (κ3) is 27.7. The molecule has 1 aromatic rings. The van der Waals surface area contributed by atoms with Crippen molar-refractivity contribution in [2.75, 3.05) is 20.8 Å². The van der Waals surface area contributed by atoms with E-state index in [4.69, 9.17) is 10.2 Å².